The minimum Gasteiger partial charge on any atom is -0.486 e. The van der Waals surface area contributed by atoms with E-state index in [1.807, 2.05) is 42.5 Å². The number of hydroxylamine groups is 1. The van der Waals surface area contributed by atoms with Crippen molar-refractivity contribution in [1.82, 2.24) is 15.4 Å². The molecule has 1 aliphatic carbocycles. The minimum absolute atomic E-state index is 0.0580. The molecule has 2 atom stereocenters. The Morgan fingerprint density at radius 3 is 2.65 bits per heavy atom. The van der Waals surface area contributed by atoms with Crippen LogP contribution in [0.15, 0.2) is 73.1 Å². The van der Waals surface area contributed by atoms with Crippen LogP contribution in [-0.4, -0.2) is 34.2 Å². The van der Waals surface area contributed by atoms with Crippen LogP contribution < -0.4 is 10.2 Å². The zero-order valence-corrected chi connectivity index (χ0v) is 20.0. The number of carbonyl (C=O) groups excluding carboxylic acids is 2. The smallest absolute Gasteiger partial charge is 0.312 e. The molecule has 8 nitrogen and oxygen atoms in total. The topological polar surface area (TPSA) is 111 Å². The molecule has 0 radical (unpaired) electrons. The molecule has 2 unspecified atom stereocenters. The van der Waals surface area contributed by atoms with E-state index in [9.17, 15) is 9.59 Å². The number of rotatable bonds is 8. The van der Waals surface area contributed by atoms with Crippen LogP contribution in [0, 0.1) is 17.2 Å². The summed E-state index contributed by atoms with van der Waals surface area (Å²) in [5, 5.41) is 9.85. The molecule has 9 heteroatoms. The third-order valence-corrected chi connectivity index (χ3v) is 6.77. The second-order valence-corrected chi connectivity index (χ2v) is 9.03. The summed E-state index contributed by atoms with van der Waals surface area (Å²) in [5.74, 6) is -2.51. The van der Waals surface area contributed by atoms with E-state index in [1.165, 1.54) is 19.2 Å². The lowest BCUT2D eigenvalue weighted by Gasteiger charge is -2.16. The molecule has 1 amide bonds. The number of esters is 1. The van der Waals surface area contributed by atoms with Gasteiger partial charge in [0.15, 0.2) is 11.6 Å². The molecule has 188 valence electrons. The normalized spacial score (nSPS) is 18.3. The van der Waals surface area contributed by atoms with Crippen LogP contribution in [0.3, 0.4) is 0 Å². The number of hydrogen-bond acceptors (Lipinski definition) is 7. The molecule has 0 saturated heterocycles. The van der Waals surface area contributed by atoms with Crippen molar-refractivity contribution < 1.29 is 28.7 Å². The standard InChI is InChI=1S/C28H24FN3O5/c1-36-27(34)28(15-21(28)26(33)32-35)14-17-6-7-25(22(29)12-17)37-16-19-13-24(18-8-10-30-11-9-18)31-23-5-3-2-4-20(19)23/h2-13,21,35H,14-16H2,1H3,(H,32,33). The highest BCUT2D eigenvalue weighted by Gasteiger charge is 2.64. The molecule has 5 rings (SSSR count). The Bertz CT molecular complexity index is 1480. The number of benzene rings is 2. The highest BCUT2D eigenvalue weighted by Crippen LogP contribution is 2.55. The maximum Gasteiger partial charge on any atom is 0.312 e. The maximum atomic E-state index is 15.0. The zero-order valence-electron chi connectivity index (χ0n) is 20.0. The van der Waals surface area contributed by atoms with Crippen molar-refractivity contribution in [2.24, 2.45) is 11.3 Å². The van der Waals surface area contributed by atoms with Gasteiger partial charge >= 0.3 is 5.97 Å². The fourth-order valence-electron chi connectivity index (χ4n) is 4.75. The Labute approximate surface area is 212 Å². The van der Waals surface area contributed by atoms with Gasteiger partial charge in [-0.15, -0.1) is 0 Å². The van der Waals surface area contributed by atoms with Crippen LogP contribution in [0.4, 0.5) is 4.39 Å². The number of aromatic nitrogens is 2. The molecular formula is C28H24FN3O5. The van der Waals surface area contributed by atoms with Crippen molar-refractivity contribution in [1.29, 1.82) is 0 Å². The lowest BCUT2D eigenvalue weighted by molar-refractivity contribution is -0.149. The Morgan fingerprint density at radius 1 is 1.14 bits per heavy atom. The van der Waals surface area contributed by atoms with Crippen molar-refractivity contribution in [3.8, 4) is 17.0 Å². The SMILES string of the molecule is COC(=O)C1(Cc2ccc(OCc3cc(-c4ccncc4)nc4ccccc34)c(F)c2)CC1C(=O)NO. The molecule has 0 bridgehead atoms. The zero-order chi connectivity index (χ0) is 26.0. The van der Waals surface area contributed by atoms with E-state index in [0.29, 0.717) is 5.56 Å². The molecule has 0 aliphatic heterocycles. The number of halogens is 1. The van der Waals surface area contributed by atoms with Crippen molar-refractivity contribution >= 4 is 22.8 Å². The molecular weight excluding hydrogens is 477 g/mol. The maximum absolute atomic E-state index is 15.0. The fraction of sp³-hybridized carbons (Fsp3) is 0.214. The van der Waals surface area contributed by atoms with E-state index in [-0.39, 0.29) is 25.2 Å². The van der Waals surface area contributed by atoms with Crippen molar-refractivity contribution in [2.75, 3.05) is 7.11 Å². The number of fused-ring (bicyclic) bond motifs is 1. The summed E-state index contributed by atoms with van der Waals surface area (Å²) >= 11 is 0. The van der Waals surface area contributed by atoms with Gasteiger partial charge in [-0.2, -0.15) is 0 Å². The first-order valence-electron chi connectivity index (χ1n) is 11.7. The van der Waals surface area contributed by atoms with Crippen molar-refractivity contribution in [3.63, 3.8) is 0 Å². The molecule has 2 heterocycles. The average Bonchev–Trinajstić information content (AvgIpc) is 3.67. The van der Waals surface area contributed by atoms with Crippen LogP contribution in [0.25, 0.3) is 22.2 Å². The Morgan fingerprint density at radius 2 is 1.92 bits per heavy atom. The summed E-state index contributed by atoms with van der Waals surface area (Å²) in [6, 6.07) is 17.8. The molecule has 2 N–H and O–H groups in total. The Kier molecular flexibility index (Phi) is 6.54. The first-order chi connectivity index (χ1) is 17.9. The summed E-state index contributed by atoms with van der Waals surface area (Å²) in [5.41, 5.74) is 4.27. The van der Waals surface area contributed by atoms with Gasteiger partial charge in [-0.05, 0) is 54.8 Å². The predicted octanol–water partition coefficient (Wildman–Crippen LogP) is 4.24. The number of carbonyl (C=O) groups is 2. The molecule has 0 spiro atoms. The number of nitrogens with one attached hydrogen (secondary N) is 1. The summed E-state index contributed by atoms with van der Waals surface area (Å²) < 4.78 is 25.8. The van der Waals surface area contributed by atoms with E-state index in [4.69, 9.17) is 19.7 Å². The van der Waals surface area contributed by atoms with E-state index in [2.05, 4.69) is 4.98 Å². The summed E-state index contributed by atoms with van der Waals surface area (Å²) in [6.07, 6.45) is 3.70. The van der Waals surface area contributed by atoms with Gasteiger partial charge in [0.25, 0.3) is 0 Å². The number of methoxy groups -OCH3 is 1. The van der Waals surface area contributed by atoms with Crippen molar-refractivity contribution in [2.45, 2.75) is 19.4 Å². The molecule has 1 saturated carbocycles. The van der Waals surface area contributed by atoms with Crippen LogP contribution in [0.1, 0.15) is 17.5 Å². The summed E-state index contributed by atoms with van der Waals surface area (Å²) in [7, 11) is 1.23. The van der Waals surface area contributed by atoms with Gasteiger partial charge in [-0.25, -0.2) is 14.9 Å². The second kappa shape index (κ2) is 9.94. The van der Waals surface area contributed by atoms with E-state index in [1.54, 1.807) is 23.9 Å². The Balaban J connectivity index is 1.37. The van der Waals surface area contributed by atoms with Gasteiger partial charge in [0.2, 0.25) is 5.91 Å². The summed E-state index contributed by atoms with van der Waals surface area (Å²) in [6.45, 7) is 0.113. The van der Waals surface area contributed by atoms with E-state index in [0.717, 1.165) is 27.7 Å². The van der Waals surface area contributed by atoms with E-state index < -0.39 is 29.0 Å². The van der Waals surface area contributed by atoms with Gasteiger partial charge in [0.1, 0.15) is 6.61 Å². The minimum atomic E-state index is -1.13. The largest absolute Gasteiger partial charge is 0.486 e. The molecule has 2 aromatic heterocycles. The number of hydrogen-bond donors (Lipinski definition) is 2. The quantitative estimate of drug-likeness (QED) is 0.211. The lowest BCUT2D eigenvalue weighted by Crippen LogP contribution is -2.30. The van der Waals surface area contributed by atoms with Gasteiger partial charge < -0.3 is 9.47 Å². The van der Waals surface area contributed by atoms with Crippen LogP contribution in [0.5, 0.6) is 5.75 Å². The van der Waals surface area contributed by atoms with Gasteiger partial charge in [-0.3, -0.25) is 19.8 Å². The molecule has 1 fully saturated rings. The first-order valence-corrected chi connectivity index (χ1v) is 11.7. The number of para-hydroxylation sites is 1. The van der Waals surface area contributed by atoms with Gasteiger partial charge in [0.05, 0.1) is 29.7 Å². The molecule has 37 heavy (non-hydrogen) atoms. The van der Waals surface area contributed by atoms with Gasteiger partial charge in [0, 0.05) is 28.9 Å². The van der Waals surface area contributed by atoms with Crippen LogP contribution in [0.2, 0.25) is 0 Å². The third kappa shape index (κ3) is 4.73. The lowest BCUT2D eigenvalue weighted by atomic mass is 9.93. The molecule has 2 aromatic carbocycles. The second-order valence-electron chi connectivity index (χ2n) is 9.03. The Hall–Kier alpha value is -4.37. The number of nitrogens with zero attached hydrogens (tertiary/aromatic N) is 2. The monoisotopic (exact) mass is 501 g/mol. The predicted molar refractivity (Wildman–Crippen MR) is 132 cm³/mol. The number of ether oxygens (including phenoxy) is 2. The fourth-order valence-corrected chi connectivity index (χ4v) is 4.75. The summed E-state index contributed by atoms with van der Waals surface area (Å²) in [4.78, 5) is 33.0. The van der Waals surface area contributed by atoms with Crippen LogP contribution >= 0.6 is 0 Å². The van der Waals surface area contributed by atoms with Gasteiger partial charge in [-0.1, -0.05) is 24.3 Å². The average molecular weight is 502 g/mol. The molecule has 4 aromatic rings. The highest BCUT2D eigenvalue weighted by molar-refractivity contribution is 5.93. The van der Waals surface area contributed by atoms with E-state index >= 15 is 4.39 Å². The van der Waals surface area contributed by atoms with Crippen LogP contribution in [-0.2, 0) is 27.4 Å². The first kappa shape index (κ1) is 24.3. The number of amides is 1. The number of pyridine rings is 2. The highest BCUT2D eigenvalue weighted by atomic mass is 19.1. The molecule has 1 aliphatic rings. The third-order valence-electron chi connectivity index (χ3n) is 6.77. The van der Waals surface area contributed by atoms with Crippen molar-refractivity contribution in [3.05, 3.63) is 90.0 Å².